The first-order chi connectivity index (χ1) is 3.79. The molecular weight excluding hydrogens is 108 g/mol. The molecular formula is C4H4N2O2. The van der Waals surface area contributed by atoms with Crippen molar-refractivity contribution in [2.75, 3.05) is 0 Å². The fourth-order valence-electron chi connectivity index (χ4n) is 0.690. The van der Waals surface area contributed by atoms with Crippen LogP contribution in [0.1, 0.15) is 0 Å². The molecule has 1 aliphatic heterocycles. The molecule has 1 aliphatic carbocycles. The van der Waals surface area contributed by atoms with Gasteiger partial charge in [-0.15, -0.1) is 0 Å². The third-order valence-corrected chi connectivity index (χ3v) is 1.21. The highest BCUT2D eigenvalue weighted by atomic mass is 16.6. The van der Waals surface area contributed by atoms with Crippen molar-refractivity contribution in [2.24, 2.45) is 5.84 Å². The molecule has 4 heteroatoms. The first-order valence-corrected chi connectivity index (χ1v) is 2.26. The standard InChI is InChI=1S/C4H4N2O2/c5-6-2-1-3(2)8-4(6)7/h1,3H,5H2. The van der Waals surface area contributed by atoms with Crippen molar-refractivity contribution in [3.05, 3.63) is 11.8 Å². The number of hydrazine groups is 1. The fraction of sp³-hybridized carbons (Fsp3) is 0.250. The maximum absolute atomic E-state index is 10.4. The number of ether oxygens (including phenoxy) is 1. The van der Waals surface area contributed by atoms with Crippen molar-refractivity contribution in [1.29, 1.82) is 0 Å². The van der Waals surface area contributed by atoms with Crippen LogP contribution < -0.4 is 5.84 Å². The Bertz CT molecular complexity index is 184. The van der Waals surface area contributed by atoms with E-state index < -0.39 is 6.09 Å². The van der Waals surface area contributed by atoms with E-state index in [0.717, 1.165) is 10.7 Å². The number of amides is 1. The second-order valence-corrected chi connectivity index (χ2v) is 1.77. The summed E-state index contributed by atoms with van der Waals surface area (Å²) in [7, 11) is 0. The van der Waals surface area contributed by atoms with Crippen molar-refractivity contribution in [2.45, 2.75) is 6.10 Å². The molecule has 1 heterocycles. The molecule has 0 aromatic heterocycles. The molecule has 1 saturated heterocycles. The van der Waals surface area contributed by atoms with Gasteiger partial charge in [0.25, 0.3) is 0 Å². The Hall–Kier alpha value is -1.03. The molecule has 8 heavy (non-hydrogen) atoms. The number of carbonyl (C=O) groups is 1. The predicted octanol–water partition coefficient (Wildman–Crippen LogP) is -0.422. The van der Waals surface area contributed by atoms with Gasteiger partial charge in [0.05, 0.1) is 5.70 Å². The van der Waals surface area contributed by atoms with Crippen LogP contribution in [0.15, 0.2) is 11.8 Å². The van der Waals surface area contributed by atoms with Crippen molar-refractivity contribution in [3.63, 3.8) is 0 Å². The zero-order valence-electron chi connectivity index (χ0n) is 4.00. The Morgan fingerprint density at radius 1 is 1.88 bits per heavy atom. The molecule has 0 spiro atoms. The highest BCUT2D eigenvalue weighted by Gasteiger charge is 2.43. The molecule has 0 saturated carbocycles. The number of rotatable bonds is 0. The number of carbonyl (C=O) groups excluding carboxylic acids is 1. The highest BCUT2D eigenvalue weighted by Crippen LogP contribution is 2.32. The number of nitrogens with zero attached hydrogens (tertiary/aromatic N) is 1. The molecule has 4 nitrogen and oxygen atoms in total. The third-order valence-electron chi connectivity index (χ3n) is 1.21. The van der Waals surface area contributed by atoms with Gasteiger partial charge in [-0.1, -0.05) is 0 Å². The predicted molar refractivity (Wildman–Crippen MR) is 24.4 cm³/mol. The topological polar surface area (TPSA) is 55.6 Å². The summed E-state index contributed by atoms with van der Waals surface area (Å²) in [6.07, 6.45) is 1.24. The monoisotopic (exact) mass is 112 g/mol. The Balaban J connectivity index is 2.29. The van der Waals surface area contributed by atoms with Crippen LogP contribution >= 0.6 is 0 Å². The summed E-state index contributed by atoms with van der Waals surface area (Å²) in [6, 6.07) is 0. The number of hydrogen-bond acceptors (Lipinski definition) is 3. The van der Waals surface area contributed by atoms with Crippen LogP contribution in [0.2, 0.25) is 0 Å². The molecule has 2 N–H and O–H groups in total. The van der Waals surface area contributed by atoms with Crippen molar-refractivity contribution >= 4 is 6.09 Å². The van der Waals surface area contributed by atoms with Gasteiger partial charge in [-0.2, -0.15) is 0 Å². The molecule has 1 fully saturated rings. The lowest BCUT2D eigenvalue weighted by Crippen LogP contribution is -2.28. The first-order valence-electron chi connectivity index (χ1n) is 2.26. The van der Waals surface area contributed by atoms with Gasteiger partial charge in [-0.05, 0) is 6.08 Å². The normalized spacial score (nSPS) is 31.6. The van der Waals surface area contributed by atoms with E-state index in [9.17, 15) is 4.79 Å². The second-order valence-electron chi connectivity index (χ2n) is 1.77. The minimum absolute atomic E-state index is 0.0903. The molecule has 0 radical (unpaired) electrons. The molecule has 2 rings (SSSR count). The number of nitrogens with two attached hydrogens (primary N) is 1. The fourth-order valence-corrected chi connectivity index (χ4v) is 0.690. The highest BCUT2D eigenvalue weighted by molar-refractivity contribution is 5.76. The summed E-state index contributed by atoms with van der Waals surface area (Å²) in [5, 5.41) is 1.02. The van der Waals surface area contributed by atoms with Gasteiger partial charge in [0.15, 0.2) is 6.10 Å². The van der Waals surface area contributed by atoms with Crippen LogP contribution in [-0.4, -0.2) is 17.2 Å². The summed E-state index contributed by atoms with van der Waals surface area (Å²) < 4.78 is 4.62. The summed E-state index contributed by atoms with van der Waals surface area (Å²) in [5.74, 6) is 5.15. The minimum atomic E-state index is -0.451. The number of hydrogen-bond donors (Lipinski definition) is 1. The van der Waals surface area contributed by atoms with Gasteiger partial charge in [0.2, 0.25) is 0 Å². The van der Waals surface area contributed by atoms with E-state index in [1.807, 2.05) is 0 Å². The largest absolute Gasteiger partial charge is 0.434 e. The van der Waals surface area contributed by atoms with E-state index in [2.05, 4.69) is 4.74 Å². The minimum Gasteiger partial charge on any atom is -0.434 e. The zero-order chi connectivity index (χ0) is 5.72. The Labute approximate surface area is 45.5 Å². The smallest absolute Gasteiger partial charge is 0.429 e. The molecule has 0 bridgehead atoms. The number of fused-ring (bicyclic) bond motifs is 1. The molecule has 42 valence electrons. The van der Waals surface area contributed by atoms with Gasteiger partial charge >= 0.3 is 6.09 Å². The van der Waals surface area contributed by atoms with E-state index in [1.165, 1.54) is 0 Å². The van der Waals surface area contributed by atoms with Crippen molar-refractivity contribution in [1.82, 2.24) is 5.01 Å². The maximum Gasteiger partial charge on any atom is 0.429 e. The Morgan fingerprint density at radius 3 is 2.88 bits per heavy atom. The van der Waals surface area contributed by atoms with E-state index in [1.54, 1.807) is 6.08 Å². The average Bonchev–Trinajstić information content (AvgIpc) is 2.39. The molecule has 0 aromatic carbocycles. The molecule has 1 unspecified atom stereocenters. The quantitative estimate of drug-likeness (QED) is 0.342. The van der Waals surface area contributed by atoms with Gasteiger partial charge < -0.3 is 4.74 Å². The molecule has 2 aliphatic rings. The third kappa shape index (κ3) is 0.272. The van der Waals surface area contributed by atoms with E-state index in [-0.39, 0.29) is 6.10 Å². The lowest BCUT2D eigenvalue weighted by Gasteiger charge is -2.00. The van der Waals surface area contributed by atoms with Crippen molar-refractivity contribution < 1.29 is 9.53 Å². The van der Waals surface area contributed by atoms with Crippen LogP contribution in [0.5, 0.6) is 0 Å². The lowest BCUT2D eigenvalue weighted by molar-refractivity contribution is 0.146. The van der Waals surface area contributed by atoms with Gasteiger partial charge in [0, 0.05) is 0 Å². The lowest BCUT2D eigenvalue weighted by atomic mass is 10.7. The van der Waals surface area contributed by atoms with Crippen LogP contribution in [0.25, 0.3) is 0 Å². The Morgan fingerprint density at radius 2 is 2.62 bits per heavy atom. The van der Waals surface area contributed by atoms with E-state index in [0.29, 0.717) is 0 Å². The Kier molecular flexibility index (Phi) is 0.429. The van der Waals surface area contributed by atoms with Crippen LogP contribution in [0.3, 0.4) is 0 Å². The van der Waals surface area contributed by atoms with Gasteiger partial charge in [-0.25, -0.2) is 15.6 Å². The van der Waals surface area contributed by atoms with Crippen LogP contribution in [0.4, 0.5) is 4.79 Å². The maximum atomic E-state index is 10.4. The van der Waals surface area contributed by atoms with Gasteiger partial charge in [-0.3, -0.25) is 0 Å². The summed E-state index contributed by atoms with van der Waals surface area (Å²) in [4.78, 5) is 10.4. The average molecular weight is 112 g/mol. The van der Waals surface area contributed by atoms with Crippen LogP contribution in [0, 0.1) is 0 Å². The summed E-state index contributed by atoms with van der Waals surface area (Å²) in [5.41, 5.74) is 0.787. The van der Waals surface area contributed by atoms with E-state index in [4.69, 9.17) is 5.84 Å². The summed E-state index contributed by atoms with van der Waals surface area (Å²) in [6.45, 7) is 0. The molecule has 1 atom stereocenters. The van der Waals surface area contributed by atoms with Gasteiger partial charge in [0.1, 0.15) is 0 Å². The zero-order valence-corrected chi connectivity index (χ0v) is 4.00. The van der Waals surface area contributed by atoms with Crippen LogP contribution in [-0.2, 0) is 4.74 Å². The van der Waals surface area contributed by atoms with E-state index >= 15 is 0 Å². The van der Waals surface area contributed by atoms with Crippen molar-refractivity contribution in [3.8, 4) is 0 Å². The first kappa shape index (κ1) is 3.91. The molecule has 1 amide bonds. The summed E-state index contributed by atoms with van der Waals surface area (Å²) >= 11 is 0. The second kappa shape index (κ2) is 0.877. The SMILES string of the molecule is NN1C(=O)OC2C=C21. The molecule has 0 aromatic rings.